The van der Waals surface area contributed by atoms with Crippen molar-refractivity contribution in [1.82, 2.24) is 0 Å². The predicted octanol–water partition coefficient (Wildman–Crippen LogP) is -4.36. The van der Waals surface area contributed by atoms with Gasteiger partial charge in [-0.1, -0.05) is 0 Å². The van der Waals surface area contributed by atoms with Crippen molar-refractivity contribution in [2.75, 3.05) is 0 Å². The molecule has 0 aliphatic rings. The summed E-state index contributed by atoms with van der Waals surface area (Å²) < 4.78 is 0. The van der Waals surface area contributed by atoms with Crippen molar-refractivity contribution in [2.45, 2.75) is 0 Å². The van der Waals surface area contributed by atoms with Crippen LogP contribution in [0.15, 0.2) is 0 Å². The van der Waals surface area contributed by atoms with Gasteiger partial charge in [0.1, 0.15) is 0 Å². The fourth-order valence-corrected chi connectivity index (χ4v) is 0. The molecule has 0 bridgehead atoms. The Morgan fingerprint density at radius 2 is 1.00 bits per heavy atom. The number of rotatable bonds is 0. The van der Waals surface area contributed by atoms with Crippen molar-refractivity contribution >= 4 is 93.6 Å². The first-order valence-corrected chi connectivity index (χ1v) is 0. The maximum absolute atomic E-state index is 0. The van der Waals surface area contributed by atoms with Crippen LogP contribution in [0.5, 0.6) is 0 Å². The average Bonchev–Trinajstić information content (AvgIpc) is 0. The second kappa shape index (κ2) is 28.5. The van der Waals surface area contributed by atoms with E-state index in [1.807, 2.05) is 0 Å². The van der Waals surface area contributed by atoms with Crippen molar-refractivity contribution in [2.24, 2.45) is 0 Å². The van der Waals surface area contributed by atoms with E-state index in [2.05, 4.69) is 0 Å². The van der Waals surface area contributed by atoms with E-state index in [0.29, 0.717) is 0 Å². The summed E-state index contributed by atoms with van der Waals surface area (Å²) in [6.07, 6.45) is 0. The molecule has 0 aromatic heterocycles. The Morgan fingerprint density at radius 1 is 1.00 bits per heavy atom. The number of hydrogen-bond acceptors (Lipinski definition) is 0. The molecule has 0 rings (SSSR count). The summed E-state index contributed by atoms with van der Waals surface area (Å²) in [5.74, 6) is 0. The van der Waals surface area contributed by atoms with Crippen LogP contribution in [0.25, 0.3) is 0 Å². The molecule has 0 aromatic carbocycles. The van der Waals surface area contributed by atoms with E-state index >= 15 is 0 Å². The Hall–Kier alpha value is 2.91. The van der Waals surface area contributed by atoms with E-state index in [-0.39, 0.29) is 93.6 Å². The van der Waals surface area contributed by atoms with Crippen molar-refractivity contribution in [1.29, 1.82) is 0 Å². The molecule has 0 amide bonds. The maximum atomic E-state index is 0. The van der Waals surface area contributed by atoms with Gasteiger partial charge in [-0.3, -0.25) is 0 Å². The molecule has 0 aromatic rings. The van der Waals surface area contributed by atoms with Gasteiger partial charge in [0.05, 0.1) is 0 Å². The van der Waals surface area contributed by atoms with Gasteiger partial charge in [-0.05, 0) is 0 Å². The summed E-state index contributed by atoms with van der Waals surface area (Å²) in [6, 6.07) is 0. The average molecular weight is 336 g/mol. The Kier molecular flexibility index (Phi) is 254. The quantitative estimate of drug-likeness (QED) is 0.393. The molecule has 0 saturated heterocycles. The molecule has 0 saturated carbocycles. The van der Waals surface area contributed by atoms with E-state index in [4.69, 9.17) is 0 Å². The second-order valence-electron chi connectivity index (χ2n) is 0. The molecular weight excluding hydrogens is 323 g/mol. The van der Waals surface area contributed by atoms with Gasteiger partial charge in [0.25, 0.3) is 0 Å². The summed E-state index contributed by atoms with van der Waals surface area (Å²) in [5.41, 5.74) is 0. The first kappa shape index (κ1) is 44.6. The Balaban J connectivity index is 0. The second-order valence-corrected chi connectivity index (χ2v) is 0. The fraction of sp³-hybridized carbons (Fsp3) is 0. The molecule has 0 atom stereocenters. The Morgan fingerprint density at radius 3 is 1.00 bits per heavy atom. The van der Waals surface area contributed by atoms with Crippen LogP contribution < -0.4 is 0 Å². The minimum absolute atomic E-state index is 0. The van der Waals surface area contributed by atoms with Crippen LogP contribution in [0.3, 0.4) is 0 Å². The third-order valence-corrected chi connectivity index (χ3v) is 0. The van der Waals surface area contributed by atoms with Gasteiger partial charge in [-0.2, -0.15) is 13.5 Å². The summed E-state index contributed by atoms with van der Waals surface area (Å²) >= 11 is 0. The molecule has 5 heteroatoms. The first-order chi connectivity index (χ1) is 0. The van der Waals surface area contributed by atoms with Crippen molar-refractivity contribution in [3.05, 3.63) is 0 Å². The van der Waals surface area contributed by atoms with Crippen molar-refractivity contribution < 1.29 is 0 Å². The summed E-state index contributed by atoms with van der Waals surface area (Å²) in [7, 11) is 0. The molecule has 5 heavy (non-hydrogen) atoms. The first-order valence-electron chi connectivity index (χ1n) is 0. The normalized spacial score (nSPS) is 0. The van der Waals surface area contributed by atoms with E-state index in [1.165, 1.54) is 0 Å². The summed E-state index contributed by atoms with van der Waals surface area (Å²) in [5, 5.41) is 0. The zero-order chi connectivity index (χ0) is 0. The third kappa shape index (κ3) is 19.7. The molecule has 0 N–H and O–H groups in total. The van der Waals surface area contributed by atoms with E-state index in [1.54, 1.807) is 0 Å². The standard InChI is InChI=1S/Al.Ga.In.H2S.H2Se.9H/h;;;2*1H2;;;;;;;;;. The molecule has 0 nitrogen and oxygen atoms in total. The van der Waals surface area contributed by atoms with E-state index in [0.717, 1.165) is 0 Å². The van der Waals surface area contributed by atoms with Crippen LogP contribution in [-0.2, 0) is 0 Å². The molecule has 0 fully saturated rings. The van der Waals surface area contributed by atoms with Crippen molar-refractivity contribution in [3.63, 3.8) is 0 Å². The SMILES string of the molecule is S.[AlH3].[GaH3].[InH3].[SeH2]. The van der Waals surface area contributed by atoms with Crippen LogP contribution in [0.1, 0.15) is 0 Å². The molecule has 0 unspecified atom stereocenters. The Labute approximate surface area is 92.1 Å². The van der Waals surface area contributed by atoms with Gasteiger partial charge < -0.3 is 0 Å². The predicted molar refractivity (Wildman–Crippen MR) is 48.7 cm³/mol. The van der Waals surface area contributed by atoms with Crippen LogP contribution in [-0.4, -0.2) is 80.1 Å². The molecule has 0 aliphatic carbocycles. The monoisotopic (exact) mass is 336 g/mol. The van der Waals surface area contributed by atoms with Gasteiger partial charge in [0, 0.05) is 0 Å². The molecular formula is H13AlGaInSSe. The minimum atomic E-state index is 0. The molecule has 0 heterocycles. The number of hydrogen-bond donors (Lipinski definition) is 0. The van der Waals surface area contributed by atoms with Gasteiger partial charge in [-0.25, -0.2) is 0 Å². The zero-order valence-corrected chi connectivity index (χ0v) is 4.10. The molecule has 0 spiro atoms. The van der Waals surface area contributed by atoms with Crippen LogP contribution in [0.2, 0.25) is 0 Å². The Bertz CT molecular complexity index is 11.6. The topological polar surface area (TPSA) is 0 Å². The van der Waals surface area contributed by atoms with Crippen LogP contribution in [0.4, 0.5) is 0 Å². The summed E-state index contributed by atoms with van der Waals surface area (Å²) in [4.78, 5) is 0. The zero-order valence-electron chi connectivity index (χ0n) is 1.00. The van der Waals surface area contributed by atoms with Gasteiger partial charge >= 0.3 is 62.7 Å². The molecule has 0 aliphatic heterocycles. The van der Waals surface area contributed by atoms with Gasteiger partial charge in [-0.15, -0.1) is 0 Å². The molecule has 34 valence electrons. The van der Waals surface area contributed by atoms with Crippen LogP contribution in [0, 0.1) is 0 Å². The third-order valence-electron chi connectivity index (χ3n) is 0. The van der Waals surface area contributed by atoms with Crippen molar-refractivity contribution in [3.8, 4) is 0 Å². The van der Waals surface area contributed by atoms with E-state index < -0.39 is 0 Å². The van der Waals surface area contributed by atoms with Gasteiger partial charge in [0.15, 0.2) is 17.4 Å². The van der Waals surface area contributed by atoms with E-state index in [9.17, 15) is 0 Å². The summed E-state index contributed by atoms with van der Waals surface area (Å²) in [6.45, 7) is 0. The van der Waals surface area contributed by atoms with Gasteiger partial charge in [0.2, 0.25) is 0 Å². The fourth-order valence-electron chi connectivity index (χ4n) is 0. The molecule has 0 radical (unpaired) electrons. The van der Waals surface area contributed by atoms with Crippen LogP contribution >= 0.6 is 13.5 Å².